The number of anilines is 2. The zero-order valence-electron chi connectivity index (χ0n) is 14.3. The van der Waals surface area contributed by atoms with Crippen molar-refractivity contribution >= 4 is 23.5 Å². The van der Waals surface area contributed by atoms with E-state index in [2.05, 4.69) is 20.3 Å². The third-order valence-electron chi connectivity index (χ3n) is 3.82. The van der Waals surface area contributed by atoms with Crippen LogP contribution in [-0.4, -0.2) is 45.4 Å². The van der Waals surface area contributed by atoms with Crippen molar-refractivity contribution in [2.24, 2.45) is 0 Å². The average molecular weight is 332 g/mol. The van der Waals surface area contributed by atoms with Gasteiger partial charge >= 0.3 is 6.09 Å². The molecule has 2 aromatic rings. The Morgan fingerprint density at radius 1 is 1.42 bits per heavy atom. The number of pyridine rings is 1. The topological polar surface area (TPSA) is 97.8 Å². The molecule has 1 aliphatic heterocycles. The molecule has 2 aromatic heterocycles. The molecular formula is C16H24N6O2. The zero-order chi connectivity index (χ0) is 17.3. The van der Waals surface area contributed by atoms with Crippen molar-refractivity contribution in [1.82, 2.24) is 19.9 Å². The number of alkyl carbamates (subject to hydrolysis) is 1. The van der Waals surface area contributed by atoms with E-state index in [9.17, 15) is 4.79 Å². The Kier molecular flexibility index (Phi) is 4.21. The van der Waals surface area contributed by atoms with Gasteiger partial charge in [-0.1, -0.05) is 6.07 Å². The molecule has 0 bridgehead atoms. The van der Waals surface area contributed by atoms with Gasteiger partial charge in [-0.2, -0.15) is 9.50 Å². The molecule has 130 valence electrons. The van der Waals surface area contributed by atoms with E-state index in [-0.39, 0.29) is 18.1 Å². The van der Waals surface area contributed by atoms with E-state index >= 15 is 0 Å². The standard InChI is InChI=1S/C16H24N6O2/c1-16(2,3)24-15(23)18-11-6-5-9-21(10-11)13-8-4-7-12-19-14(17)20-22(12)13/h4,7-8,11H,5-6,9-10H2,1-3H3,(H2,17,20)(H,18,23)/t11-/m1/s1. The van der Waals surface area contributed by atoms with Crippen molar-refractivity contribution in [2.75, 3.05) is 23.7 Å². The highest BCUT2D eigenvalue weighted by Gasteiger charge is 2.25. The number of hydrogen-bond acceptors (Lipinski definition) is 6. The number of nitrogens with one attached hydrogen (secondary N) is 1. The molecule has 8 heteroatoms. The Morgan fingerprint density at radius 2 is 2.21 bits per heavy atom. The molecule has 0 spiro atoms. The van der Waals surface area contributed by atoms with Crippen LogP contribution >= 0.6 is 0 Å². The van der Waals surface area contributed by atoms with E-state index < -0.39 is 5.60 Å². The number of rotatable bonds is 2. The summed E-state index contributed by atoms with van der Waals surface area (Å²) in [4.78, 5) is 18.4. The fourth-order valence-electron chi connectivity index (χ4n) is 2.92. The van der Waals surface area contributed by atoms with Crippen LogP contribution in [0.5, 0.6) is 0 Å². The third-order valence-corrected chi connectivity index (χ3v) is 3.82. The second-order valence-corrected chi connectivity index (χ2v) is 7.06. The normalized spacial score (nSPS) is 18.6. The van der Waals surface area contributed by atoms with E-state index in [0.29, 0.717) is 12.2 Å². The van der Waals surface area contributed by atoms with Gasteiger partial charge < -0.3 is 20.7 Å². The smallest absolute Gasteiger partial charge is 0.407 e. The molecule has 1 atom stereocenters. The van der Waals surface area contributed by atoms with Crippen LogP contribution in [0.3, 0.4) is 0 Å². The van der Waals surface area contributed by atoms with Gasteiger partial charge in [-0.3, -0.25) is 0 Å². The molecule has 24 heavy (non-hydrogen) atoms. The van der Waals surface area contributed by atoms with Crippen LogP contribution in [0.1, 0.15) is 33.6 Å². The average Bonchev–Trinajstić information content (AvgIpc) is 2.85. The lowest BCUT2D eigenvalue weighted by molar-refractivity contribution is 0.0500. The van der Waals surface area contributed by atoms with Crippen LogP contribution in [0, 0.1) is 0 Å². The van der Waals surface area contributed by atoms with Gasteiger partial charge in [0.25, 0.3) is 0 Å². The first-order valence-corrected chi connectivity index (χ1v) is 8.17. The summed E-state index contributed by atoms with van der Waals surface area (Å²) in [6.45, 7) is 7.16. The zero-order valence-corrected chi connectivity index (χ0v) is 14.3. The molecule has 1 amide bonds. The summed E-state index contributed by atoms with van der Waals surface area (Å²) < 4.78 is 7.08. The third kappa shape index (κ3) is 3.69. The maximum Gasteiger partial charge on any atom is 0.407 e. The predicted octanol–water partition coefficient (Wildman–Crippen LogP) is 1.80. The first-order valence-electron chi connectivity index (χ1n) is 8.17. The number of nitrogens with zero attached hydrogens (tertiary/aromatic N) is 4. The van der Waals surface area contributed by atoms with Crippen molar-refractivity contribution in [3.63, 3.8) is 0 Å². The molecule has 0 aromatic carbocycles. The minimum Gasteiger partial charge on any atom is -0.444 e. The van der Waals surface area contributed by atoms with Crippen LogP contribution in [0.2, 0.25) is 0 Å². The number of fused-ring (bicyclic) bond motifs is 1. The summed E-state index contributed by atoms with van der Waals surface area (Å²) in [5, 5.41) is 7.21. The molecule has 1 aliphatic rings. The van der Waals surface area contributed by atoms with E-state index in [1.807, 2.05) is 39.0 Å². The summed E-state index contributed by atoms with van der Waals surface area (Å²) in [5.41, 5.74) is 5.92. The van der Waals surface area contributed by atoms with Crippen molar-refractivity contribution in [1.29, 1.82) is 0 Å². The molecule has 1 fully saturated rings. The van der Waals surface area contributed by atoms with E-state index in [1.54, 1.807) is 4.52 Å². The lowest BCUT2D eigenvalue weighted by Gasteiger charge is -2.34. The Balaban J connectivity index is 1.72. The van der Waals surface area contributed by atoms with Crippen LogP contribution in [-0.2, 0) is 4.74 Å². The molecule has 3 rings (SSSR count). The summed E-state index contributed by atoms with van der Waals surface area (Å²) in [5.74, 6) is 1.18. The molecule has 8 nitrogen and oxygen atoms in total. The molecule has 0 aliphatic carbocycles. The molecule has 3 heterocycles. The lowest BCUT2D eigenvalue weighted by Crippen LogP contribution is -2.49. The highest BCUT2D eigenvalue weighted by Crippen LogP contribution is 2.21. The molecule has 0 saturated carbocycles. The van der Waals surface area contributed by atoms with Crippen LogP contribution in [0.25, 0.3) is 5.65 Å². The van der Waals surface area contributed by atoms with Gasteiger partial charge in [0.15, 0.2) is 5.65 Å². The fraction of sp³-hybridized carbons (Fsp3) is 0.562. The second kappa shape index (κ2) is 6.18. The molecule has 3 N–H and O–H groups in total. The quantitative estimate of drug-likeness (QED) is 0.870. The largest absolute Gasteiger partial charge is 0.444 e. The maximum absolute atomic E-state index is 12.0. The van der Waals surface area contributed by atoms with Crippen molar-refractivity contribution < 1.29 is 9.53 Å². The molecule has 0 radical (unpaired) electrons. The first-order chi connectivity index (χ1) is 11.3. The summed E-state index contributed by atoms with van der Waals surface area (Å²) >= 11 is 0. The van der Waals surface area contributed by atoms with E-state index in [4.69, 9.17) is 10.5 Å². The Hall–Kier alpha value is -2.51. The number of nitrogens with two attached hydrogens (primary N) is 1. The highest BCUT2D eigenvalue weighted by molar-refractivity contribution is 5.68. The van der Waals surface area contributed by atoms with Crippen LogP contribution in [0.15, 0.2) is 18.2 Å². The number of carbonyl (C=O) groups is 1. The van der Waals surface area contributed by atoms with Gasteiger partial charge in [-0.25, -0.2) is 4.79 Å². The SMILES string of the molecule is CC(C)(C)OC(=O)N[C@@H]1CCCN(c2cccc3nc(N)nn23)C1. The molecule has 1 saturated heterocycles. The van der Waals surface area contributed by atoms with Gasteiger partial charge in [0.1, 0.15) is 11.4 Å². The van der Waals surface area contributed by atoms with Gasteiger partial charge in [-0.05, 0) is 45.7 Å². The number of aromatic nitrogens is 3. The number of carbonyl (C=O) groups excluding carboxylic acids is 1. The maximum atomic E-state index is 12.0. The molecular weight excluding hydrogens is 308 g/mol. The number of piperidine rings is 1. The number of amides is 1. The number of hydrogen-bond donors (Lipinski definition) is 2. The number of nitrogen functional groups attached to an aromatic ring is 1. The molecule has 0 unspecified atom stereocenters. The number of ether oxygens (including phenoxy) is 1. The van der Waals surface area contributed by atoms with Crippen LogP contribution in [0.4, 0.5) is 16.6 Å². The Morgan fingerprint density at radius 3 is 2.96 bits per heavy atom. The summed E-state index contributed by atoms with van der Waals surface area (Å²) in [6.07, 6.45) is 1.52. The minimum absolute atomic E-state index is 0.0322. The fourth-order valence-corrected chi connectivity index (χ4v) is 2.92. The Bertz CT molecular complexity index is 736. The monoisotopic (exact) mass is 332 g/mol. The van der Waals surface area contributed by atoms with Gasteiger partial charge in [-0.15, -0.1) is 5.10 Å². The lowest BCUT2D eigenvalue weighted by atomic mass is 10.1. The van der Waals surface area contributed by atoms with Crippen LogP contribution < -0.4 is 16.0 Å². The Labute approximate surface area is 141 Å². The van der Waals surface area contributed by atoms with E-state index in [1.165, 1.54) is 0 Å². The van der Waals surface area contributed by atoms with Crippen molar-refractivity contribution in [2.45, 2.75) is 45.3 Å². The van der Waals surface area contributed by atoms with Crippen molar-refractivity contribution in [3.05, 3.63) is 18.2 Å². The predicted molar refractivity (Wildman–Crippen MR) is 92.0 cm³/mol. The van der Waals surface area contributed by atoms with Gasteiger partial charge in [0, 0.05) is 19.1 Å². The highest BCUT2D eigenvalue weighted by atomic mass is 16.6. The summed E-state index contributed by atoms with van der Waals surface area (Å²) in [6, 6.07) is 5.82. The second-order valence-electron chi connectivity index (χ2n) is 7.06. The first kappa shape index (κ1) is 16.4. The van der Waals surface area contributed by atoms with Gasteiger partial charge in [0.2, 0.25) is 5.95 Å². The van der Waals surface area contributed by atoms with Gasteiger partial charge in [0.05, 0.1) is 0 Å². The van der Waals surface area contributed by atoms with Crippen molar-refractivity contribution in [3.8, 4) is 0 Å². The minimum atomic E-state index is -0.498. The summed E-state index contributed by atoms with van der Waals surface area (Å²) in [7, 11) is 0. The van der Waals surface area contributed by atoms with E-state index in [0.717, 1.165) is 25.2 Å².